The minimum atomic E-state index is -0.351. The van der Waals surface area contributed by atoms with E-state index in [1.54, 1.807) is 6.92 Å². The van der Waals surface area contributed by atoms with Gasteiger partial charge < -0.3 is 15.0 Å². The first-order valence-corrected chi connectivity index (χ1v) is 8.80. The number of aryl methyl sites for hydroxylation is 1. The van der Waals surface area contributed by atoms with Gasteiger partial charge in [-0.15, -0.1) is 0 Å². The summed E-state index contributed by atoms with van der Waals surface area (Å²) in [5.74, 6) is -0.459. The monoisotopic (exact) mass is 346 g/mol. The summed E-state index contributed by atoms with van der Waals surface area (Å²) >= 11 is 0. The maximum absolute atomic E-state index is 12.5. The molecule has 2 amide bonds. The number of esters is 1. The molecule has 0 unspecified atom stereocenters. The molecule has 1 aromatic carbocycles. The highest BCUT2D eigenvalue weighted by molar-refractivity contribution is 5.94. The van der Waals surface area contributed by atoms with Crippen molar-refractivity contribution in [3.05, 3.63) is 35.4 Å². The second-order valence-electron chi connectivity index (χ2n) is 6.31. The van der Waals surface area contributed by atoms with Gasteiger partial charge in [-0.3, -0.25) is 14.4 Å². The average Bonchev–Trinajstić information content (AvgIpc) is 2.61. The zero-order chi connectivity index (χ0) is 18.2. The molecule has 0 aliphatic carbocycles. The van der Waals surface area contributed by atoms with Gasteiger partial charge in [0, 0.05) is 31.1 Å². The Balaban J connectivity index is 1.74. The van der Waals surface area contributed by atoms with Crippen LogP contribution in [0.1, 0.15) is 48.5 Å². The molecule has 1 heterocycles. The second-order valence-corrected chi connectivity index (χ2v) is 6.31. The van der Waals surface area contributed by atoms with Crippen molar-refractivity contribution in [2.45, 2.75) is 45.6 Å². The number of hydrogen-bond donors (Lipinski definition) is 1. The number of hydrogen-bond acceptors (Lipinski definition) is 4. The molecular weight excluding hydrogens is 320 g/mol. The number of nitrogens with one attached hydrogen (secondary N) is 1. The summed E-state index contributed by atoms with van der Waals surface area (Å²) in [5, 5.41) is 2.94. The van der Waals surface area contributed by atoms with E-state index in [0.717, 1.165) is 18.4 Å². The van der Waals surface area contributed by atoms with E-state index < -0.39 is 0 Å². The molecule has 0 aromatic heterocycles. The fourth-order valence-electron chi connectivity index (χ4n) is 2.85. The quantitative estimate of drug-likeness (QED) is 0.800. The molecular formula is C19H26N2O4. The first-order valence-electron chi connectivity index (χ1n) is 8.80. The van der Waals surface area contributed by atoms with Crippen LogP contribution in [0.3, 0.4) is 0 Å². The van der Waals surface area contributed by atoms with E-state index >= 15 is 0 Å². The Labute approximate surface area is 148 Å². The van der Waals surface area contributed by atoms with Crippen molar-refractivity contribution >= 4 is 17.8 Å². The predicted octanol–water partition coefficient (Wildman–Crippen LogP) is 2.06. The molecule has 1 saturated heterocycles. The van der Waals surface area contributed by atoms with Crippen LogP contribution in [0.25, 0.3) is 0 Å². The summed E-state index contributed by atoms with van der Waals surface area (Å²) in [6.07, 6.45) is 1.69. The standard InChI is InChI=1S/C19H26N2O4/c1-3-25-18(23)9-8-17(22)20-16-10-12-21(13-11-16)19(24)15-6-4-14(2)5-7-15/h4-7,16H,3,8-13H2,1-2H3,(H,20,22). The Morgan fingerprint density at radius 2 is 1.76 bits per heavy atom. The van der Waals surface area contributed by atoms with Gasteiger partial charge in [-0.05, 0) is 38.8 Å². The van der Waals surface area contributed by atoms with Crippen LogP contribution in [0.15, 0.2) is 24.3 Å². The second kappa shape index (κ2) is 9.20. The van der Waals surface area contributed by atoms with Crippen molar-refractivity contribution in [3.63, 3.8) is 0 Å². The maximum atomic E-state index is 12.5. The highest BCUT2D eigenvalue weighted by Gasteiger charge is 2.24. The number of carbonyl (C=O) groups excluding carboxylic acids is 3. The van der Waals surface area contributed by atoms with E-state index in [4.69, 9.17) is 4.74 Å². The van der Waals surface area contributed by atoms with Crippen LogP contribution < -0.4 is 5.32 Å². The van der Waals surface area contributed by atoms with Gasteiger partial charge in [0.25, 0.3) is 5.91 Å². The number of benzene rings is 1. The Morgan fingerprint density at radius 3 is 2.36 bits per heavy atom. The molecule has 0 saturated carbocycles. The van der Waals surface area contributed by atoms with Crippen LogP contribution >= 0.6 is 0 Å². The topological polar surface area (TPSA) is 75.7 Å². The fraction of sp³-hybridized carbons (Fsp3) is 0.526. The number of carbonyl (C=O) groups is 3. The predicted molar refractivity (Wildman–Crippen MR) is 94.1 cm³/mol. The minimum absolute atomic E-state index is 0.0343. The van der Waals surface area contributed by atoms with Gasteiger partial charge in [-0.1, -0.05) is 17.7 Å². The third kappa shape index (κ3) is 5.89. The molecule has 136 valence electrons. The molecule has 25 heavy (non-hydrogen) atoms. The molecule has 1 aliphatic rings. The van der Waals surface area contributed by atoms with E-state index in [0.29, 0.717) is 25.3 Å². The van der Waals surface area contributed by atoms with Gasteiger partial charge in [0.1, 0.15) is 0 Å². The van der Waals surface area contributed by atoms with E-state index in [1.165, 1.54) is 0 Å². The Hall–Kier alpha value is -2.37. The highest BCUT2D eigenvalue weighted by Crippen LogP contribution is 2.15. The van der Waals surface area contributed by atoms with Gasteiger partial charge in [-0.2, -0.15) is 0 Å². The summed E-state index contributed by atoms with van der Waals surface area (Å²) in [7, 11) is 0. The zero-order valence-electron chi connectivity index (χ0n) is 14.9. The first kappa shape index (κ1) is 19.0. The van der Waals surface area contributed by atoms with E-state index in [2.05, 4.69) is 5.32 Å². The van der Waals surface area contributed by atoms with Crippen LogP contribution in [-0.4, -0.2) is 48.4 Å². The first-order chi connectivity index (χ1) is 12.0. The summed E-state index contributed by atoms with van der Waals surface area (Å²) < 4.78 is 4.81. The number of rotatable bonds is 6. The Bertz CT molecular complexity index is 604. The van der Waals surface area contributed by atoms with Crippen molar-refractivity contribution < 1.29 is 19.1 Å². The lowest BCUT2D eigenvalue weighted by Gasteiger charge is -2.32. The molecule has 1 aromatic rings. The van der Waals surface area contributed by atoms with Gasteiger partial charge in [0.2, 0.25) is 5.91 Å². The Kier molecular flexibility index (Phi) is 6.98. The molecule has 1 aliphatic heterocycles. The van der Waals surface area contributed by atoms with Crippen molar-refractivity contribution in [1.82, 2.24) is 10.2 Å². The van der Waals surface area contributed by atoms with Crippen LogP contribution in [0.5, 0.6) is 0 Å². The summed E-state index contributed by atoms with van der Waals surface area (Å²) in [6.45, 7) is 5.30. The van der Waals surface area contributed by atoms with Crippen molar-refractivity contribution in [2.24, 2.45) is 0 Å². The lowest BCUT2D eigenvalue weighted by atomic mass is 10.0. The largest absolute Gasteiger partial charge is 0.466 e. The Morgan fingerprint density at radius 1 is 1.12 bits per heavy atom. The number of amides is 2. The van der Waals surface area contributed by atoms with Crippen molar-refractivity contribution in [2.75, 3.05) is 19.7 Å². The van der Waals surface area contributed by atoms with Gasteiger partial charge in [0.05, 0.1) is 13.0 Å². The maximum Gasteiger partial charge on any atom is 0.306 e. The van der Waals surface area contributed by atoms with E-state index in [9.17, 15) is 14.4 Å². The van der Waals surface area contributed by atoms with Gasteiger partial charge in [-0.25, -0.2) is 0 Å². The number of piperidine rings is 1. The average molecular weight is 346 g/mol. The summed E-state index contributed by atoms with van der Waals surface area (Å²) in [5.41, 5.74) is 1.82. The fourth-order valence-corrected chi connectivity index (χ4v) is 2.85. The smallest absolute Gasteiger partial charge is 0.306 e. The van der Waals surface area contributed by atoms with Crippen LogP contribution in [0.4, 0.5) is 0 Å². The van der Waals surface area contributed by atoms with Crippen LogP contribution in [-0.2, 0) is 14.3 Å². The number of nitrogens with zero attached hydrogens (tertiary/aromatic N) is 1. The molecule has 1 N–H and O–H groups in total. The van der Waals surface area contributed by atoms with E-state index in [1.807, 2.05) is 36.1 Å². The lowest BCUT2D eigenvalue weighted by molar-refractivity contribution is -0.144. The summed E-state index contributed by atoms with van der Waals surface area (Å²) in [6, 6.07) is 7.62. The molecule has 6 heteroatoms. The number of ether oxygens (including phenoxy) is 1. The summed E-state index contributed by atoms with van der Waals surface area (Å²) in [4.78, 5) is 37.4. The highest BCUT2D eigenvalue weighted by atomic mass is 16.5. The molecule has 1 fully saturated rings. The molecule has 0 spiro atoms. The molecule has 2 rings (SSSR count). The van der Waals surface area contributed by atoms with Crippen LogP contribution in [0.2, 0.25) is 0 Å². The van der Waals surface area contributed by atoms with E-state index in [-0.39, 0.29) is 36.7 Å². The SMILES string of the molecule is CCOC(=O)CCC(=O)NC1CCN(C(=O)c2ccc(C)cc2)CC1. The van der Waals surface area contributed by atoms with Crippen LogP contribution in [0, 0.1) is 6.92 Å². The molecule has 6 nitrogen and oxygen atoms in total. The van der Waals surface area contributed by atoms with Crippen molar-refractivity contribution in [3.8, 4) is 0 Å². The molecule has 0 atom stereocenters. The number of likely N-dealkylation sites (tertiary alicyclic amines) is 1. The minimum Gasteiger partial charge on any atom is -0.466 e. The third-order valence-corrected chi connectivity index (χ3v) is 4.31. The van der Waals surface area contributed by atoms with Crippen molar-refractivity contribution in [1.29, 1.82) is 0 Å². The molecule has 0 radical (unpaired) electrons. The van der Waals surface area contributed by atoms with Gasteiger partial charge >= 0.3 is 5.97 Å². The normalized spacial score (nSPS) is 14.9. The zero-order valence-corrected chi connectivity index (χ0v) is 14.9. The lowest BCUT2D eigenvalue weighted by Crippen LogP contribution is -2.46. The molecule has 0 bridgehead atoms. The third-order valence-electron chi connectivity index (χ3n) is 4.31. The van der Waals surface area contributed by atoms with Gasteiger partial charge in [0.15, 0.2) is 0 Å².